The molecule has 4 aromatic rings. The van der Waals surface area contributed by atoms with Crippen LogP contribution >= 0.6 is 0 Å². The number of H-pyrrole nitrogens is 1. The summed E-state index contributed by atoms with van der Waals surface area (Å²) in [4.78, 5) is 31.8. The van der Waals surface area contributed by atoms with Crippen molar-refractivity contribution in [1.29, 1.82) is 0 Å². The van der Waals surface area contributed by atoms with E-state index in [1.54, 1.807) is 6.07 Å². The highest BCUT2D eigenvalue weighted by Crippen LogP contribution is 2.44. The number of ether oxygens (including phenoxy) is 3. The van der Waals surface area contributed by atoms with Crippen LogP contribution in [0.1, 0.15) is 42.4 Å². The SMILES string of the molecule is CC1COCCN1c1nc(-c2cccc3[nH]ccc23)nc2c1CN(C(=O)c1ccc3c(c1)OCCO3)C2(C)C. The third-order valence-corrected chi connectivity index (χ3v) is 8.07. The maximum Gasteiger partial charge on any atom is 0.255 e. The maximum atomic E-state index is 14.0. The zero-order chi connectivity index (χ0) is 26.7. The third kappa shape index (κ3) is 3.83. The third-order valence-electron chi connectivity index (χ3n) is 8.07. The zero-order valence-corrected chi connectivity index (χ0v) is 22.4. The fourth-order valence-corrected chi connectivity index (χ4v) is 5.95. The highest BCUT2D eigenvalue weighted by atomic mass is 16.6. The molecule has 5 heterocycles. The number of nitrogens with zero attached hydrogens (tertiary/aromatic N) is 4. The number of morpholine rings is 1. The molecule has 0 spiro atoms. The van der Waals surface area contributed by atoms with E-state index in [4.69, 9.17) is 24.2 Å². The number of carbonyl (C=O) groups is 1. The van der Waals surface area contributed by atoms with Crippen molar-refractivity contribution in [3.05, 3.63) is 65.5 Å². The van der Waals surface area contributed by atoms with Gasteiger partial charge < -0.3 is 29.0 Å². The Morgan fingerprint density at radius 3 is 2.74 bits per heavy atom. The minimum atomic E-state index is -0.659. The number of anilines is 1. The van der Waals surface area contributed by atoms with E-state index >= 15 is 0 Å². The summed E-state index contributed by atoms with van der Waals surface area (Å²) in [5.74, 6) is 2.73. The summed E-state index contributed by atoms with van der Waals surface area (Å²) in [5, 5.41) is 1.07. The molecule has 39 heavy (non-hydrogen) atoms. The van der Waals surface area contributed by atoms with E-state index in [1.165, 1.54) is 0 Å². The number of aromatic amines is 1. The second kappa shape index (κ2) is 8.98. The van der Waals surface area contributed by atoms with Gasteiger partial charge in [-0.15, -0.1) is 0 Å². The first-order chi connectivity index (χ1) is 18.9. The van der Waals surface area contributed by atoms with Crippen molar-refractivity contribution >= 4 is 22.6 Å². The van der Waals surface area contributed by atoms with Gasteiger partial charge in [-0.1, -0.05) is 12.1 Å². The van der Waals surface area contributed by atoms with Gasteiger partial charge in [-0.3, -0.25) is 4.79 Å². The largest absolute Gasteiger partial charge is 0.486 e. The molecule has 1 fully saturated rings. The van der Waals surface area contributed by atoms with Gasteiger partial charge in [-0.2, -0.15) is 0 Å². The molecule has 1 saturated heterocycles. The lowest BCUT2D eigenvalue weighted by molar-refractivity contribution is 0.0569. The molecule has 2 aromatic carbocycles. The van der Waals surface area contributed by atoms with Crippen LogP contribution in [0.4, 0.5) is 5.82 Å². The summed E-state index contributed by atoms with van der Waals surface area (Å²) in [6.07, 6.45) is 1.93. The van der Waals surface area contributed by atoms with Gasteiger partial charge in [0.15, 0.2) is 17.3 Å². The first-order valence-electron chi connectivity index (χ1n) is 13.5. The molecular formula is C30H31N5O4. The van der Waals surface area contributed by atoms with Crippen molar-refractivity contribution in [3.63, 3.8) is 0 Å². The van der Waals surface area contributed by atoms with Gasteiger partial charge in [-0.05, 0) is 51.1 Å². The van der Waals surface area contributed by atoms with Gasteiger partial charge in [0.1, 0.15) is 19.0 Å². The van der Waals surface area contributed by atoms with Crippen LogP contribution in [0.15, 0.2) is 48.7 Å². The van der Waals surface area contributed by atoms with E-state index in [0.717, 1.165) is 40.1 Å². The molecule has 9 nitrogen and oxygen atoms in total. The molecule has 0 aliphatic carbocycles. The topological polar surface area (TPSA) is 92.8 Å². The van der Waals surface area contributed by atoms with Crippen LogP contribution in [0.3, 0.4) is 0 Å². The molecule has 0 radical (unpaired) electrons. The minimum Gasteiger partial charge on any atom is -0.486 e. The number of aromatic nitrogens is 3. The first-order valence-corrected chi connectivity index (χ1v) is 13.5. The Morgan fingerprint density at radius 1 is 1.05 bits per heavy atom. The lowest BCUT2D eigenvalue weighted by Gasteiger charge is -2.35. The van der Waals surface area contributed by atoms with Crippen LogP contribution in [0, 0.1) is 0 Å². The summed E-state index contributed by atoms with van der Waals surface area (Å²) >= 11 is 0. The van der Waals surface area contributed by atoms with Crippen molar-refractivity contribution in [2.45, 2.75) is 38.9 Å². The molecule has 0 saturated carbocycles. The molecule has 9 heteroatoms. The van der Waals surface area contributed by atoms with Crippen LogP contribution < -0.4 is 14.4 Å². The fourth-order valence-electron chi connectivity index (χ4n) is 5.95. The molecule has 1 N–H and O–H groups in total. The second-order valence-electron chi connectivity index (χ2n) is 10.9. The monoisotopic (exact) mass is 525 g/mol. The number of hydrogen-bond donors (Lipinski definition) is 1. The van der Waals surface area contributed by atoms with Gasteiger partial charge in [0, 0.05) is 40.3 Å². The van der Waals surface area contributed by atoms with Crippen LogP contribution in [-0.2, 0) is 16.8 Å². The Bertz CT molecular complexity index is 1600. The van der Waals surface area contributed by atoms with Crippen molar-refractivity contribution in [2.24, 2.45) is 0 Å². The molecule has 200 valence electrons. The number of nitrogens with one attached hydrogen (secondary N) is 1. The predicted molar refractivity (Wildman–Crippen MR) is 147 cm³/mol. The standard InChI is InChI=1S/C30H31N5O4/c1-18-17-37-12-11-34(18)28-22-16-35(29(36)19-7-8-24-25(15-19)39-14-13-38-24)30(2,3)26(22)32-27(33-28)21-5-4-6-23-20(21)9-10-31-23/h4-10,15,18,31H,11-14,16-17H2,1-3H3. The van der Waals surface area contributed by atoms with E-state index < -0.39 is 5.54 Å². The van der Waals surface area contributed by atoms with E-state index in [2.05, 4.69) is 48.9 Å². The first kappa shape index (κ1) is 24.0. The van der Waals surface area contributed by atoms with Gasteiger partial charge in [0.2, 0.25) is 0 Å². The molecule has 1 unspecified atom stereocenters. The van der Waals surface area contributed by atoms with Crippen LogP contribution in [0.25, 0.3) is 22.3 Å². The normalized spacial score (nSPS) is 19.8. The number of rotatable bonds is 3. The van der Waals surface area contributed by atoms with Crippen molar-refractivity contribution in [1.82, 2.24) is 19.9 Å². The van der Waals surface area contributed by atoms with E-state index in [9.17, 15) is 4.79 Å². The lowest BCUT2D eigenvalue weighted by Crippen LogP contribution is -2.44. The van der Waals surface area contributed by atoms with Crippen LogP contribution in [0.2, 0.25) is 0 Å². The minimum absolute atomic E-state index is 0.0785. The number of carbonyl (C=O) groups excluding carboxylic acids is 1. The number of hydrogen-bond acceptors (Lipinski definition) is 7. The summed E-state index contributed by atoms with van der Waals surface area (Å²) < 4.78 is 17.2. The predicted octanol–water partition coefficient (Wildman–Crippen LogP) is 4.51. The lowest BCUT2D eigenvalue weighted by atomic mass is 9.98. The van der Waals surface area contributed by atoms with E-state index in [0.29, 0.717) is 55.9 Å². The number of benzene rings is 2. The quantitative estimate of drug-likeness (QED) is 0.421. The number of amides is 1. The molecular weight excluding hydrogens is 494 g/mol. The van der Waals surface area contributed by atoms with E-state index in [-0.39, 0.29) is 11.9 Å². The summed E-state index contributed by atoms with van der Waals surface area (Å²) in [6.45, 7) is 9.67. The molecule has 3 aliphatic heterocycles. The average Bonchev–Trinajstić information content (AvgIpc) is 3.54. The smallest absolute Gasteiger partial charge is 0.255 e. The Kier molecular flexibility index (Phi) is 5.52. The van der Waals surface area contributed by atoms with Crippen molar-refractivity contribution in [3.8, 4) is 22.9 Å². The Labute approximate surface area is 226 Å². The molecule has 7 rings (SSSR count). The van der Waals surface area contributed by atoms with Crippen LogP contribution in [0.5, 0.6) is 11.5 Å². The zero-order valence-electron chi connectivity index (χ0n) is 22.4. The fraction of sp³-hybridized carbons (Fsp3) is 0.367. The molecule has 3 aliphatic rings. The highest BCUT2D eigenvalue weighted by molar-refractivity contribution is 5.96. The van der Waals surface area contributed by atoms with Gasteiger partial charge in [-0.25, -0.2) is 9.97 Å². The Balaban J connectivity index is 1.35. The number of fused-ring (bicyclic) bond motifs is 3. The molecule has 2 aromatic heterocycles. The van der Waals surface area contributed by atoms with Crippen molar-refractivity contribution in [2.75, 3.05) is 37.9 Å². The van der Waals surface area contributed by atoms with Crippen molar-refractivity contribution < 1.29 is 19.0 Å². The van der Waals surface area contributed by atoms with E-state index in [1.807, 2.05) is 29.3 Å². The molecule has 0 bridgehead atoms. The molecule has 1 amide bonds. The maximum absolute atomic E-state index is 14.0. The average molecular weight is 526 g/mol. The summed E-state index contributed by atoms with van der Waals surface area (Å²) in [5.41, 5.74) is 3.77. The van der Waals surface area contributed by atoms with Gasteiger partial charge >= 0.3 is 0 Å². The van der Waals surface area contributed by atoms with Gasteiger partial charge in [0.25, 0.3) is 5.91 Å². The van der Waals surface area contributed by atoms with Gasteiger partial charge in [0.05, 0.1) is 37.0 Å². The Morgan fingerprint density at radius 2 is 1.90 bits per heavy atom. The second-order valence-corrected chi connectivity index (χ2v) is 10.9. The Hall–Kier alpha value is -4.11. The highest BCUT2D eigenvalue weighted by Gasteiger charge is 2.45. The molecule has 1 atom stereocenters. The summed E-state index contributed by atoms with van der Waals surface area (Å²) in [6, 6.07) is 13.7. The summed E-state index contributed by atoms with van der Waals surface area (Å²) in [7, 11) is 0. The van der Waals surface area contributed by atoms with Crippen LogP contribution in [-0.4, -0.2) is 64.8 Å².